The number of hydrogen-bond donors (Lipinski definition) is 3. The average molecular weight is 325 g/mol. The van der Waals surface area contributed by atoms with Gasteiger partial charge in [-0.25, -0.2) is 4.79 Å². The lowest BCUT2D eigenvalue weighted by atomic mass is 9.86. The fourth-order valence-electron chi connectivity index (χ4n) is 2.78. The number of aromatic carboxylic acids is 1. The molecule has 0 bridgehead atoms. The van der Waals surface area contributed by atoms with Crippen molar-refractivity contribution in [3.8, 4) is 0 Å². The minimum absolute atomic E-state index is 0.00289. The van der Waals surface area contributed by atoms with Crippen LogP contribution in [0.2, 0.25) is 5.02 Å². The van der Waals surface area contributed by atoms with Crippen molar-refractivity contribution < 1.29 is 14.7 Å². The summed E-state index contributed by atoms with van der Waals surface area (Å²) in [5, 5.41) is 9.16. The molecule has 1 saturated carbocycles. The van der Waals surface area contributed by atoms with Crippen LogP contribution in [0.4, 0.5) is 5.69 Å². The number of carbonyl (C=O) groups excluding carboxylic acids is 1. The number of carbonyl (C=O) groups is 2. The second-order valence-corrected chi connectivity index (χ2v) is 6.12. The molecule has 1 aliphatic rings. The average Bonchev–Trinajstić information content (AvgIpc) is 2.53. The second kappa shape index (κ2) is 8.03. The van der Waals surface area contributed by atoms with Gasteiger partial charge in [-0.1, -0.05) is 43.7 Å². The molecule has 0 saturated heterocycles. The molecule has 2 rings (SSSR count). The van der Waals surface area contributed by atoms with Crippen molar-refractivity contribution in [2.45, 2.75) is 44.9 Å². The van der Waals surface area contributed by atoms with Gasteiger partial charge in [-0.05, 0) is 30.5 Å². The molecule has 0 atom stereocenters. The van der Waals surface area contributed by atoms with E-state index in [4.69, 9.17) is 16.7 Å². The van der Waals surface area contributed by atoms with Gasteiger partial charge in [-0.15, -0.1) is 0 Å². The standard InChI is InChI=1S/C16H21ClN2O3/c17-14-8-7-12(10-13(14)16(21)22)18-19-15(20)9-6-11-4-2-1-3-5-11/h7-8,10-11,18H,1-6,9H2,(H,19,20)(H,21,22). The van der Waals surface area contributed by atoms with Gasteiger partial charge in [0.25, 0.3) is 0 Å². The van der Waals surface area contributed by atoms with Crippen LogP contribution < -0.4 is 10.9 Å². The number of halogens is 1. The molecule has 120 valence electrons. The summed E-state index contributed by atoms with van der Waals surface area (Å²) in [6.45, 7) is 0. The van der Waals surface area contributed by atoms with Crippen LogP contribution in [0.25, 0.3) is 0 Å². The van der Waals surface area contributed by atoms with Crippen LogP contribution in [0.1, 0.15) is 55.3 Å². The summed E-state index contributed by atoms with van der Waals surface area (Å²) in [4.78, 5) is 22.8. The van der Waals surface area contributed by atoms with E-state index in [9.17, 15) is 9.59 Å². The summed E-state index contributed by atoms with van der Waals surface area (Å²) < 4.78 is 0. The summed E-state index contributed by atoms with van der Waals surface area (Å²) in [7, 11) is 0. The van der Waals surface area contributed by atoms with Gasteiger partial charge in [0.05, 0.1) is 16.3 Å². The Hall–Kier alpha value is -1.75. The lowest BCUT2D eigenvalue weighted by molar-refractivity contribution is -0.120. The molecule has 1 fully saturated rings. The SMILES string of the molecule is O=C(CCC1CCCCC1)NNc1ccc(Cl)c(C(=O)O)c1. The third-order valence-electron chi connectivity index (χ3n) is 4.05. The predicted octanol–water partition coefficient (Wildman–Crippen LogP) is 3.84. The lowest BCUT2D eigenvalue weighted by Gasteiger charge is -2.21. The van der Waals surface area contributed by atoms with Gasteiger partial charge >= 0.3 is 5.97 Å². The molecule has 0 aliphatic heterocycles. The quantitative estimate of drug-likeness (QED) is 0.695. The number of rotatable bonds is 6. The van der Waals surface area contributed by atoms with Crippen molar-refractivity contribution in [1.82, 2.24) is 5.43 Å². The molecule has 0 heterocycles. The Bertz CT molecular complexity index is 542. The molecule has 1 amide bonds. The first-order valence-electron chi connectivity index (χ1n) is 7.64. The van der Waals surface area contributed by atoms with E-state index in [2.05, 4.69) is 10.9 Å². The molecule has 0 spiro atoms. The molecule has 1 aromatic carbocycles. The first-order chi connectivity index (χ1) is 10.6. The fourth-order valence-corrected chi connectivity index (χ4v) is 2.98. The minimum atomic E-state index is -1.10. The van der Waals surface area contributed by atoms with Gasteiger partial charge in [0.15, 0.2) is 0 Å². The highest BCUT2D eigenvalue weighted by molar-refractivity contribution is 6.33. The third-order valence-corrected chi connectivity index (χ3v) is 4.38. The number of anilines is 1. The van der Waals surface area contributed by atoms with Gasteiger partial charge in [0.2, 0.25) is 5.91 Å². The smallest absolute Gasteiger partial charge is 0.337 e. The molecule has 6 heteroatoms. The highest BCUT2D eigenvalue weighted by Crippen LogP contribution is 2.27. The van der Waals surface area contributed by atoms with Crippen LogP contribution in [-0.2, 0) is 4.79 Å². The maximum Gasteiger partial charge on any atom is 0.337 e. The fraction of sp³-hybridized carbons (Fsp3) is 0.500. The van der Waals surface area contributed by atoms with Crippen LogP contribution in [0.5, 0.6) is 0 Å². The van der Waals surface area contributed by atoms with Crippen LogP contribution in [-0.4, -0.2) is 17.0 Å². The van der Waals surface area contributed by atoms with E-state index < -0.39 is 5.97 Å². The molecule has 1 aliphatic carbocycles. The van der Waals surface area contributed by atoms with Crippen LogP contribution >= 0.6 is 11.6 Å². The lowest BCUT2D eigenvalue weighted by Crippen LogP contribution is -2.29. The topological polar surface area (TPSA) is 78.4 Å². The molecule has 1 aromatic rings. The molecule has 3 N–H and O–H groups in total. The number of amides is 1. The van der Waals surface area contributed by atoms with Crippen molar-refractivity contribution in [2.75, 3.05) is 5.43 Å². The Kier molecular flexibility index (Phi) is 6.07. The van der Waals surface area contributed by atoms with E-state index in [0.29, 0.717) is 18.0 Å². The number of hydrogen-bond acceptors (Lipinski definition) is 3. The summed E-state index contributed by atoms with van der Waals surface area (Å²) in [6, 6.07) is 4.50. The van der Waals surface area contributed by atoms with Crippen molar-refractivity contribution in [2.24, 2.45) is 5.92 Å². The number of carboxylic acid groups (broad SMARTS) is 1. The highest BCUT2D eigenvalue weighted by Gasteiger charge is 2.15. The van der Waals surface area contributed by atoms with Gasteiger partial charge in [0.1, 0.15) is 0 Å². The van der Waals surface area contributed by atoms with Crippen LogP contribution in [0, 0.1) is 5.92 Å². The van der Waals surface area contributed by atoms with Crippen molar-refractivity contribution in [3.63, 3.8) is 0 Å². The Morgan fingerprint density at radius 3 is 2.64 bits per heavy atom. The van der Waals surface area contributed by atoms with E-state index in [1.165, 1.54) is 44.2 Å². The third kappa shape index (κ3) is 4.91. The summed E-state index contributed by atoms with van der Waals surface area (Å²) in [5.41, 5.74) is 5.83. The predicted molar refractivity (Wildman–Crippen MR) is 86.0 cm³/mol. The maximum absolute atomic E-state index is 11.8. The zero-order valence-electron chi connectivity index (χ0n) is 12.4. The number of benzene rings is 1. The normalized spacial score (nSPS) is 15.3. The first-order valence-corrected chi connectivity index (χ1v) is 8.02. The van der Waals surface area contributed by atoms with Crippen LogP contribution in [0.15, 0.2) is 18.2 Å². The van der Waals surface area contributed by atoms with Crippen LogP contribution in [0.3, 0.4) is 0 Å². The van der Waals surface area contributed by atoms with Gasteiger partial charge in [-0.3, -0.25) is 15.6 Å². The number of carboxylic acids is 1. The van der Waals surface area contributed by atoms with E-state index >= 15 is 0 Å². The van der Waals surface area contributed by atoms with Gasteiger partial charge in [-0.2, -0.15) is 0 Å². The zero-order chi connectivity index (χ0) is 15.9. The Balaban J connectivity index is 1.78. The van der Waals surface area contributed by atoms with E-state index in [0.717, 1.165) is 6.42 Å². The van der Waals surface area contributed by atoms with Crippen molar-refractivity contribution in [1.29, 1.82) is 0 Å². The molecular weight excluding hydrogens is 304 g/mol. The van der Waals surface area contributed by atoms with Crippen molar-refractivity contribution in [3.05, 3.63) is 28.8 Å². The summed E-state index contributed by atoms with van der Waals surface area (Å²) >= 11 is 5.79. The molecule has 0 aromatic heterocycles. The Labute approximate surface area is 135 Å². The van der Waals surface area contributed by atoms with Crippen molar-refractivity contribution >= 4 is 29.2 Å². The molecule has 5 nitrogen and oxygen atoms in total. The van der Waals surface area contributed by atoms with E-state index in [1.54, 1.807) is 6.07 Å². The Morgan fingerprint density at radius 1 is 1.23 bits per heavy atom. The minimum Gasteiger partial charge on any atom is -0.478 e. The highest BCUT2D eigenvalue weighted by atomic mass is 35.5. The van der Waals surface area contributed by atoms with E-state index in [-0.39, 0.29) is 16.5 Å². The monoisotopic (exact) mass is 324 g/mol. The van der Waals surface area contributed by atoms with Gasteiger partial charge in [0, 0.05) is 6.42 Å². The summed E-state index contributed by atoms with van der Waals surface area (Å²) in [5.74, 6) is -0.525. The second-order valence-electron chi connectivity index (χ2n) is 5.72. The molecular formula is C16H21ClN2O3. The van der Waals surface area contributed by atoms with Gasteiger partial charge < -0.3 is 5.11 Å². The number of nitrogens with one attached hydrogen (secondary N) is 2. The molecule has 0 radical (unpaired) electrons. The first kappa shape index (κ1) is 16.6. The zero-order valence-corrected chi connectivity index (χ0v) is 13.2. The largest absolute Gasteiger partial charge is 0.478 e. The maximum atomic E-state index is 11.8. The Morgan fingerprint density at radius 2 is 1.95 bits per heavy atom. The molecule has 0 unspecified atom stereocenters. The molecule has 22 heavy (non-hydrogen) atoms. The summed E-state index contributed by atoms with van der Waals surface area (Å²) in [6.07, 6.45) is 7.69. The van der Waals surface area contributed by atoms with E-state index in [1.807, 2.05) is 0 Å². The number of hydrazine groups is 1.